The molecular formula is C13H17NO3. The molecule has 1 aromatic carbocycles. The Morgan fingerprint density at radius 2 is 2.29 bits per heavy atom. The highest BCUT2D eigenvalue weighted by atomic mass is 16.5. The number of ether oxygens (including phenoxy) is 1. The number of hydrogen-bond acceptors (Lipinski definition) is 4. The summed E-state index contributed by atoms with van der Waals surface area (Å²) >= 11 is 0. The molecule has 4 heteroatoms. The van der Waals surface area contributed by atoms with Crippen molar-refractivity contribution in [1.82, 2.24) is 5.48 Å². The molecule has 0 heterocycles. The van der Waals surface area contributed by atoms with Crippen molar-refractivity contribution in [3.8, 4) is 0 Å². The fourth-order valence-corrected chi connectivity index (χ4v) is 2.47. The lowest BCUT2D eigenvalue weighted by molar-refractivity contribution is -0.143. The van der Waals surface area contributed by atoms with Gasteiger partial charge in [-0.1, -0.05) is 24.3 Å². The van der Waals surface area contributed by atoms with Gasteiger partial charge in [0.1, 0.15) is 0 Å². The van der Waals surface area contributed by atoms with Crippen LogP contribution in [-0.2, 0) is 16.0 Å². The van der Waals surface area contributed by atoms with Crippen molar-refractivity contribution in [2.45, 2.75) is 31.7 Å². The van der Waals surface area contributed by atoms with Gasteiger partial charge in [-0.2, -0.15) is 0 Å². The first kappa shape index (κ1) is 12.1. The van der Waals surface area contributed by atoms with Gasteiger partial charge in [0.25, 0.3) is 0 Å². The normalized spacial score (nSPS) is 22.2. The van der Waals surface area contributed by atoms with E-state index in [1.807, 2.05) is 24.3 Å². The maximum atomic E-state index is 11.5. The molecule has 0 amide bonds. The second kappa shape index (κ2) is 5.29. The number of hydroxylamine groups is 1. The Bertz CT molecular complexity index is 405. The van der Waals surface area contributed by atoms with Gasteiger partial charge in [0, 0.05) is 12.0 Å². The predicted octanol–water partition coefficient (Wildman–Crippen LogP) is 1.63. The molecule has 0 aliphatic heterocycles. The highest BCUT2D eigenvalue weighted by Gasteiger charge is 2.33. The number of rotatable bonds is 4. The summed E-state index contributed by atoms with van der Waals surface area (Å²) in [5.74, 6) is -0.218. The number of hydrogen-bond donors (Lipinski definition) is 2. The average molecular weight is 235 g/mol. The van der Waals surface area contributed by atoms with Gasteiger partial charge >= 0.3 is 5.97 Å². The number of benzene rings is 1. The molecule has 0 spiro atoms. The predicted molar refractivity (Wildman–Crippen MR) is 62.8 cm³/mol. The molecule has 4 nitrogen and oxygen atoms in total. The number of esters is 1. The Labute approximate surface area is 101 Å². The molecule has 92 valence electrons. The lowest BCUT2D eigenvalue weighted by Gasteiger charge is -2.17. The van der Waals surface area contributed by atoms with Gasteiger partial charge in [-0.05, 0) is 24.5 Å². The third-order valence-corrected chi connectivity index (χ3v) is 3.24. The molecule has 17 heavy (non-hydrogen) atoms. The van der Waals surface area contributed by atoms with Crippen LogP contribution in [0, 0.1) is 0 Å². The average Bonchev–Trinajstić information content (AvgIpc) is 2.68. The molecule has 2 N–H and O–H groups in total. The lowest BCUT2D eigenvalue weighted by atomic mass is 9.95. The van der Waals surface area contributed by atoms with Gasteiger partial charge < -0.3 is 9.94 Å². The Morgan fingerprint density at radius 1 is 1.53 bits per heavy atom. The molecule has 2 unspecified atom stereocenters. The van der Waals surface area contributed by atoms with Crippen LogP contribution in [0.5, 0.6) is 0 Å². The van der Waals surface area contributed by atoms with Crippen LogP contribution in [0.25, 0.3) is 0 Å². The van der Waals surface area contributed by atoms with Gasteiger partial charge in [-0.3, -0.25) is 4.79 Å². The number of fused-ring (bicyclic) bond motifs is 1. The van der Waals surface area contributed by atoms with Crippen LogP contribution in [0.15, 0.2) is 24.3 Å². The zero-order valence-electron chi connectivity index (χ0n) is 9.85. The second-order valence-electron chi connectivity index (χ2n) is 4.25. The molecule has 1 aliphatic carbocycles. The van der Waals surface area contributed by atoms with E-state index in [-0.39, 0.29) is 17.9 Å². The number of carbonyl (C=O) groups excluding carboxylic acids is 1. The van der Waals surface area contributed by atoms with Crippen LogP contribution in [-0.4, -0.2) is 23.8 Å². The molecule has 0 bridgehead atoms. The van der Waals surface area contributed by atoms with E-state index in [9.17, 15) is 4.79 Å². The Hall–Kier alpha value is -1.39. The topological polar surface area (TPSA) is 58.6 Å². The Kier molecular flexibility index (Phi) is 3.76. The summed E-state index contributed by atoms with van der Waals surface area (Å²) in [6.07, 6.45) is 1.06. The third-order valence-electron chi connectivity index (χ3n) is 3.24. The van der Waals surface area contributed by atoms with E-state index in [1.54, 1.807) is 6.92 Å². The fourth-order valence-electron chi connectivity index (χ4n) is 2.47. The third kappa shape index (κ3) is 2.48. The summed E-state index contributed by atoms with van der Waals surface area (Å²) in [7, 11) is 0. The summed E-state index contributed by atoms with van der Waals surface area (Å²) in [5.41, 5.74) is 4.62. The number of nitrogens with one attached hydrogen (secondary N) is 1. The molecule has 0 aromatic heterocycles. The second-order valence-corrected chi connectivity index (χ2v) is 4.25. The Balaban J connectivity index is 2.16. The van der Waals surface area contributed by atoms with Crippen molar-refractivity contribution < 1.29 is 14.7 Å². The van der Waals surface area contributed by atoms with Crippen molar-refractivity contribution in [1.29, 1.82) is 0 Å². The van der Waals surface area contributed by atoms with Crippen LogP contribution in [0.1, 0.15) is 30.4 Å². The zero-order valence-corrected chi connectivity index (χ0v) is 9.85. The molecule has 0 fully saturated rings. The minimum Gasteiger partial charge on any atom is -0.466 e. The summed E-state index contributed by atoms with van der Waals surface area (Å²) in [4.78, 5) is 11.5. The minimum atomic E-state index is -0.213. The Morgan fingerprint density at radius 3 is 3.00 bits per heavy atom. The smallest absolute Gasteiger partial charge is 0.306 e. The van der Waals surface area contributed by atoms with Gasteiger partial charge in [-0.15, -0.1) is 0 Å². The van der Waals surface area contributed by atoms with Crippen LogP contribution in [0.4, 0.5) is 0 Å². The van der Waals surface area contributed by atoms with Crippen LogP contribution in [0.2, 0.25) is 0 Å². The summed E-state index contributed by atoms with van der Waals surface area (Å²) in [6.45, 7) is 2.19. The van der Waals surface area contributed by atoms with E-state index < -0.39 is 0 Å². The monoisotopic (exact) mass is 235 g/mol. The van der Waals surface area contributed by atoms with Gasteiger partial charge in [0.15, 0.2) is 0 Å². The van der Waals surface area contributed by atoms with Crippen molar-refractivity contribution in [2.75, 3.05) is 6.61 Å². The van der Waals surface area contributed by atoms with Crippen LogP contribution < -0.4 is 5.48 Å². The van der Waals surface area contributed by atoms with E-state index >= 15 is 0 Å². The maximum Gasteiger partial charge on any atom is 0.306 e. The maximum absolute atomic E-state index is 11.5. The minimum absolute atomic E-state index is 0.00440. The van der Waals surface area contributed by atoms with Crippen molar-refractivity contribution in [3.05, 3.63) is 35.4 Å². The molecule has 2 rings (SSSR count). The van der Waals surface area contributed by atoms with Crippen molar-refractivity contribution in [2.24, 2.45) is 0 Å². The fraction of sp³-hybridized carbons (Fsp3) is 0.462. The van der Waals surface area contributed by atoms with Gasteiger partial charge in [-0.25, -0.2) is 5.48 Å². The van der Waals surface area contributed by atoms with Crippen molar-refractivity contribution in [3.63, 3.8) is 0 Å². The van der Waals surface area contributed by atoms with E-state index in [1.165, 1.54) is 5.56 Å². The molecule has 0 saturated carbocycles. The first-order chi connectivity index (χ1) is 8.26. The molecular weight excluding hydrogens is 218 g/mol. The quantitative estimate of drug-likeness (QED) is 0.615. The number of carbonyl (C=O) groups is 1. The summed E-state index contributed by atoms with van der Waals surface area (Å²) < 4.78 is 4.96. The van der Waals surface area contributed by atoms with Gasteiger partial charge in [0.05, 0.1) is 13.0 Å². The molecule has 1 aromatic rings. The molecule has 0 saturated heterocycles. The highest BCUT2D eigenvalue weighted by molar-refractivity contribution is 5.71. The van der Waals surface area contributed by atoms with Crippen LogP contribution >= 0.6 is 0 Å². The summed E-state index contributed by atoms with van der Waals surface area (Å²) in [6, 6.07) is 7.87. The molecule has 2 atom stereocenters. The first-order valence-electron chi connectivity index (χ1n) is 5.89. The highest BCUT2D eigenvalue weighted by Crippen LogP contribution is 2.35. The lowest BCUT2D eigenvalue weighted by Crippen LogP contribution is -2.31. The zero-order chi connectivity index (χ0) is 12.3. The van der Waals surface area contributed by atoms with E-state index in [0.29, 0.717) is 13.0 Å². The van der Waals surface area contributed by atoms with Gasteiger partial charge in [0.2, 0.25) is 0 Å². The molecule has 0 radical (unpaired) electrons. The summed E-state index contributed by atoms with van der Waals surface area (Å²) in [5, 5.41) is 9.15. The van der Waals surface area contributed by atoms with E-state index in [4.69, 9.17) is 9.94 Å². The van der Waals surface area contributed by atoms with Crippen LogP contribution in [0.3, 0.4) is 0 Å². The van der Waals surface area contributed by atoms with Crippen molar-refractivity contribution >= 4 is 5.97 Å². The SMILES string of the molecule is CCOC(=O)CC1c2ccccc2CC1NO. The van der Waals surface area contributed by atoms with E-state index in [2.05, 4.69) is 5.48 Å². The standard InChI is InChI=1S/C13H17NO3/c1-2-17-13(15)8-11-10-6-4-3-5-9(10)7-12(11)14-16/h3-6,11-12,14,16H,2,7-8H2,1H3. The van der Waals surface area contributed by atoms with E-state index in [0.717, 1.165) is 12.0 Å². The molecule has 1 aliphatic rings. The largest absolute Gasteiger partial charge is 0.466 e. The first-order valence-corrected chi connectivity index (χ1v) is 5.89.